The van der Waals surface area contributed by atoms with E-state index in [1.807, 2.05) is 97.6 Å². The normalized spacial score (nSPS) is 11.6. The third-order valence-electron chi connectivity index (χ3n) is 21.5. The fourth-order valence-corrected chi connectivity index (χ4v) is 16.6. The zero-order valence-electron chi connectivity index (χ0n) is 60.4. The Bertz CT molecular complexity index is 6800. The van der Waals surface area contributed by atoms with Crippen LogP contribution in [0.4, 0.5) is 0 Å². The van der Waals surface area contributed by atoms with Crippen LogP contribution < -0.4 is 0 Å². The monoisotopic (exact) mass is 1430 g/mol. The first-order valence-corrected chi connectivity index (χ1v) is 37.6. The van der Waals surface area contributed by atoms with Crippen molar-refractivity contribution in [3.05, 3.63) is 395 Å². The van der Waals surface area contributed by atoms with Gasteiger partial charge in [-0.3, -0.25) is 29.9 Å². The first-order valence-electron chi connectivity index (χ1n) is 37.6. The van der Waals surface area contributed by atoms with E-state index < -0.39 is 0 Å². The van der Waals surface area contributed by atoms with Gasteiger partial charge in [0.1, 0.15) is 0 Å². The van der Waals surface area contributed by atoms with Crippen LogP contribution in [0.15, 0.2) is 395 Å². The van der Waals surface area contributed by atoms with E-state index in [0.717, 1.165) is 145 Å². The van der Waals surface area contributed by atoms with E-state index in [4.69, 9.17) is 15.0 Å². The molecular formula is C101H65N11. The van der Waals surface area contributed by atoms with E-state index >= 15 is 0 Å². The van der Waals surface area contributed by atoms with Crippen molar-refractivity contribution < 1.29 is 0 Å². The minimum absolute atomic E-state index is 0.796. The van der Waals surface area contributed by atoms with E-state index in [1.54, 1.807) is 12.4 Å². The summed E-state index contributed by atoms with van der Waals surface area (Å²) in [4.78, 5) is 33.6. The minimum Gasteiger partial charge on any atom is -0.309 e. The quantitative estimate of drug-likeness (QED) is 0.120. The van der Waals surface area contributed by atoms with Crippen molar-refractivity contribution in [2.75, 3.05) is 0 Å². The third-order valence-corrected chi connectivity index (χ3v) is 21.5. The molecule has 11 heterocycles. The Morgan fingerprint density at radius 3 is 0.964 bits per heavy atom. The molecule has 0 aliphatic rings. The molecule has 22 aromatic rings. The van der Waals surface area contributed by atoms with Crippen molar-refractivity contribution in [3.63, 3.8) is 0 Å². The van der Waals surface area contributed by atoms with Crippen LogP contribution in [0.5, 0.6) is 0 Å². The molecule has 0 fully saturated rings. The largest absolute Gasteiger partial charge is 0.309 e. The average molecular weight is 1430 g/mol. The maximum absolute atomic E-state index is 5.00. The number of hydrogen-bond acceptors (Lipinski definition) is 7. The first-order chi connectivity index (χ1) is 55.6. The van der Waals surface area contributed by atoms with E-state index in [0.29, 0.717) is 0 Å². The van der Waals surface area contributed by atoms with E-state index in [9.17, 15) is 0 Å². The SMILES string of the molecule is c1ccc(-n2c3ccccc3c3c(-c4ccc5c(c4)c4ncccc4n5-c4cccc(-c5cc(-c6ccccn6)cc(-c6ccccn6)c5)c4)cccc32)cc1.c1ccc(-n2c3ccccc3c3c(-c4ccc5c(c4)c4ncccc4n5-c4cccc(-c5cc(-c6ccccn6)nc(-c6ccccn6)c5)c4)cccc32)cc1. The van der Waals surface area contributed by atoms with Gasteiger partial charge in [0.25, 0.3) is 0 Å². The lowest BCUT2D eigenvalue weighted by Crippen LogP contribution is -1.96. The molecule has 0 amide bonds. The lowest BCUT2D eigenvalue weighted by atomic mass is 9.96. The molecule has 11 nitrogen and oxygen atoms in total. The van der Waals surface area contributed by atoms with Crippen molar-refractivity contribution in [1.29, 1.82) is 0 Å². The Balaban J connectivity index is 0.000000141. The highest BCUT2D eigenvalue weighted by Crippen LogP contribution is 2.45. The maximum atomic E-state index is 5.00. The Kier molecular flexibility index (Phi) is 15.9. The topological polar surface area (TPSA) is 110 Å². The number of hydrogen-bond donors (Lipinski definition) is 0. The van der Waals surface area contributed by atoms with Crippen LogP contribution in [0.2, 0.25) is 0 Å². The van der Waals surface area contributed by atoms with Gasteiger partial charge in [-0.1, -0.05) is 158 Å². The second kappa shape index (κ2) is 27.5. The van der Waals surface area contributed by atoms with Crippen LogP contribution >= 0.6 is 0 Å². The Morgan fingerprint density at radius 2 is 0.518 bits per heavy atom. The average Bonchev–Trinajstić information content (AvgIpc) is 1.57. The smallest absolute Gasteiger partial charge is 0.0963 e. The molecule has 11 aromatic carbocycles. The predicted molar refractivity (Wildman–Crippen MR) is 458 cm³/mol. The number of rotatable bonds is 12. The summed E-state index contributed by atoms with van der Waals surface area (Å²) >= 11 is 0. The highest BCUT2D eigenvalue weighted by molar-refractivity contribution is 6.19. The van der Waals surface area contributed by atoms with Crippen LogP contribution in [0.1, 0.15) is 0 Å². The van der Waals surface area contributed by atoms with E-state index in [-0.39, 0.29) is 0 Å². The summed E-state index contributed by atoms with van der Waals surface area (Å²) in [7, 11) is 0. The molecule has 0 N–H and O–H groups in total. The number of fused-ring (bicyclic) bond motifs is 12. The van der Waals surface area contributed by atoms with Crippen molar-refractivity contribution in [3.8, 4) is 113 Å². The summed E-state index contributed by atoms with van der Waals surface area (Å²) < 4.78 is 9.41. The van der Waals surface area contributed by atoms with Crippen molar-refractivity contribution in [1.82, 2.24) is 53.2 Å². The Morgan fingerprint density at radius 1 is 0.170 bits per heavy atom. The summed E-state index contributed by atoms with van der Waals surface area (Å²) in [5, 5.41) is 7.16. The molecule has 0 bridgehead atoms. The zero-order chi connectivity index (χ0) is 74.0. The maximum Gasteiger partial charge on any atom is 0.0963 e. The summed E-state index contributed by atoms with van der Waals surface area (Å²) in [6, 6.07) is 126. The number of nitrogens with zero attached hydrogens (tertiary/aromatic N) is 11. The molecule has 0 radical (unpaired) electrons. The van der Waals surface area contributed by atoms with Gasteiger partial charge in [-0.25, -0.2) is 4.98 Å². The molecule has 0 atom stereocenters. The molecule has 0 aliphatic carbocycles. The number of para-hydroxylation sites is 4. The molecule has 0 saturated heterocycles. The molecule has 11 heteroatoms. The van der Waals surface area contributed by atoms with Crippen molar-refractivity contribution in [2.24, 2.45) is 0 Å². The second-order valence-corrected chi connectivity index (χ2v) is 28.0. The van der Waals surface area contributed by atoms with Crippen LogP contribution in [0.3, 0.4) is 0 Å². The van der Waals surface area contributed by atoms with Gasteiger partial charge in [0, 0.05) is 103 Å². The zero-order valence-corrected chi connectivity index (χ0v) is 60.4. The molecule has 11 aromatic heterocycles. The highest BCUT2D eigenvalue weighted by Gasteiger charge is 2.23. The van der Waals surface area contributed by atoms with Gasteiger partial charge in [0.05, 0.1) is 89.3 Å². The summed E-state index contributed by atoms with van der Waals surface area (Å²) in [6.45, 7) is 0. The fraction of sp³-hybridized carbons (Fsp3) is 0. The van der Waals surface area contributed by atoms with E-state index in [1.165, 1.54) is 54.7 Å². The standard InChI is InChI=1S/C51H33N5.C50H32N6/c1-2-14-39(15-3-1)55-46-21-5-4-17-42(46)50-41(18-11-22-48(50)55)35-24-25-47-43(33-35)51-49(23-12-28-54-51)56(47)40-16-10-13-34(32-40)36-29-37(44-19-6-8-26-52-44)31-38(30-36)45-20-7-9-27-53-45;1-2-14-36(15-3-1)55-45-21-5-4-17-39(45)49-38(18-11-22-47(49)55)34-24-25-46-40(30-34)50-48(23-12-28-53-50)56(46)37-16-10-13-33(29-37)35-31-43(41-19-6-8-26-51-41)54-44(32-35)42-20-7-9-27-52-42/h1-33H;1-32H. The predicted octanol–water partition coefficient (Wildman–Crippen LogP) is 24.9. The van der Waals surface area contributed by atoms with Crippen LogP contribution in [0, 0.1) is 0 Å². The summed E-state index contributed by atoms with van der Waals surface area (Å²) in [6.07, 6.45) is 11.1. The molecular weight excluding hydrogens is 1370 g/mol. The number of aromatic nitrogens is 11. The van der Waals surface area contributed by atoms with Gasteiger partial charge in [0.2, 0.25) is 0 Å². The third kappa shape index (κ3) is 11.3. The first kappa shape index (κ1) is 65.0. The van der Waals surface area contributed by atoms with Gasteiger partial charge >= 0.3 is 0 Å². The molecule has 0 spiro atoms. The van der Waals surface area contributed by atoms with Gasteiger partial charge in [-0.15, -0.1) is 0 Å². The van der Waals surface area contributed by atoms with E-state index in [2.05, 4.69) is 323 Å². The van der Waals surface area contributed by atoms with Gasteiger partial charge < -0.3 is 18.3 Å². The van der Waals surface area contributed by atoms with Crippen LogP contribution in [-0.4, -0.2) is 53.2 Å². The molecule has 524 valence electrons. The molecule has 0 saturated carbocycles. The number of pyridine rings is 7. The molecule has 22 rings (SSSR count). The second-order valence-electron chi connectivity index (χ2n) is 28.0. The van der Waals surface area contributed by atoms with Crippen molar-refractivity contribution >= 4 is 87.5 Å². The highest BCUT2D eigenvalue weighted by atomic mass is 15.0. The lowest BCUT2D eigenvalue weighted by molar-refractivity contribution is 1.17. The Hall–Kier alpha value is -15.3. The minimum atomic E-state index is 0.796. The lowest BCUT2D eigenvalue weighted by Gasteiger charge is -2.13. The van der Waals surface area contributed by atoms with Gasteiger partial charge in [0.15, 0.2) is 0 Å². The summed E-state index contributed by atoms with van der Waals surface area (Å²) in [5.74, 6) is 0. The fourth-order valence-electron chi connectivity index (χ4n) is 16.6. The van der Waals surface area contributed by atoms with Gasteiger partial charge in [-0.2, -0.15) is 0 Å². The Labute approximate surface area is 644 Å². The van der Waals surface area contributed by atoms with Gasteiger partial charge in [-0.05, 0) is 245 Å². The number of benzene rings is 11. The van der Waals surface area contributed by atoms with Crippen LogP contribution in [0.25, 0.3) is 200 Å². The van der Waals surface area contributed by atoms with Crippen LogP contribution in [-0.2, 0) is 0 Å². The van der Waals surface area contributed by atoms with Crippen molar-refractivity contribution in [2.45, 2.75) is 0 Å². The molecule has 0 unspecified atom stereocenters. The molecule has 112 heavy (non-hydrogen) atoms. The molecule has 0 aliphatic heterocycles. The summed E-state index contributed by atoms with van der Waals surface area (Å²) in [5.41, 5.74) is 31.6.